The van der Waals surface area contributed by atoms with Gasteiger partial charge in [-0.25, -0.2) is 5.43 Å². The SMILES string of the molecule is NC(=O)Cn1cc(/C=N/NC(=O)c2ccccc2NC(=O)c2cccs2)c(-c2ccccc2)n1. The monoisotopic (exact) mass is 472 g/mol. The first-order valence-electron chi connectivity index (χ1n) is 10.2. The van der Waals surface area contributed by atoms with Gasteiger partial charge in [0.15, 0.2) is 0 Å². The zero-order valence-electron chi connectivity index (χ0n) is 17.8. The first-order valence-corrected chi connectivity index (χ1v) is 11.1. The smallest absolute Gasteiger partial charge is 0.273 e. The standard InChI is InChI=1S/C24H20N6O3S/c25-21(31)15-30-14-17(22(29-30)16-7-2-1-3-8-16)13-26-28-23(32)18-9-4-5-10-19(18)27-24(33)20-11-6-12-34-20/h1-14H,15H2,(H2,25,31)(H,27,33)(H,28,32)/b26-13+. The zero-order chi connectivity index (χ0) is 23.9. The van der Waals surface area contributed by atoms with E-state index in [0.717, 1.165) is 5.56 Å². The maximum absolute atomic E-state index is 12.8. The summed E-state index contributed by atoms with van der Waals surface area (Å²) in [5, 5.41) is 13.0. The lowest BCUT2D eigenvalue weighted by Crippen LogP contribution is -2.21. The highest BCUT2D eigenvalue weighted by Crippen LogP contribution is 2.21. The van der Waals surface area contributed by atoms with E-state index in [4.69, 9.17) is 5.73 Å². The molecule has 2 aromatic carbocycles. The average Bonchev–Trinajstić information content (AvgIpc) is 3.50. The molecule has 0 aliphatic heterocycles. The van der Waals surface area contributed by atoms with Gasteiger partial charge in [-0.2, -0.15) is 10.2 Å². The number of nitrogens with two attached hydrogens (primary N) is 1. The van der Waals surface area contributed by atoms with Gasteiger partial charge < -0.3 is 11.1 Å². The Bertz CT molecular complexity index is 1350. The van der Waals surface area contributed by atoms with Crippen molar-refractivity contribution in [2.24, 2.45) is 10.8 Å². The van der Waals surface area contributed by atoms with Crippen molar-refractivity contribution < 1.29 is 14.4 Å². The zero-order valence-corrected chi connectivity index (χ0v) is 18.7. The maximum Gasteiger partial charge on any atom is 0.273 e. The fraction of sp³-hybridized carbons (Fsp3) is 0.0417. The molecule has 4 aromatic rings. The lowest BCUT2D eigenvalue weighted by atomic mass is 10.1. The van der Waals surface area contributed by atoms with Crippen molar-refractivity contribution in [1.82, 2.24) is 15.2 Å². The summed E-state index contributed by atoms with van der Waals surface area (Å²) >= 11 is 1.31. The van der Waals surface area contributed by atoms with Gasteiger partial charge in [0.1, 0.15) is 12.2 Å². The molecule has 4 N–H and O–H groups in total. The Kier molecular flexibility index (Phi) is 6.89. The Balaban J connectivity index is 1.52. The molecule has 0 aliphatic carbocycles. The lowest BCUT2D eigenvalue weighted by Gasteiger charge is -2.09. The van der Waals surface area contributed by atoms with Gasteiger partial charge in [0, 0.05) is 17.3 Å². The highest BCUT2D eigenvalue weighted by atomic mass is 32.1. The highest BCUT2D eigenvalue weighted by molar-refractivity contribution is 7.12. The number of nitrogens with zero attached hydrogens (tertiary/aromatic N) is 3. The van der Waals surface area contributed by atoms with Crippen molar-refractivity contribution in [1.29, 1.82) is 0 Å². The van der Waals surface area contributed by atoms with E-state index < -0.39 is 11.8 Å². The van der Waals surface area contributed by atoms with Crippen molar-refractivity contribution in [3.05, 3.63) is 94.3 Å². The van der Waals surface area contributed by atoms with Crippen molar-refractivity contribution in [2.75, 3.05) is 5.32 Å². The minimum atomic E-state index is -0.528. The van der Waals surface area contributed by atoms with Crippen LogP contribution in [0.15, 0.2) is 83.4 Å². The third-order valence-electron chi connectivity index (χ3n) is 4.69. The number of hydrogen-bond donors (Lipinski definition) is 3. The van der Waals surface area contributed by atoms with Crippen LogP contribution in [0, 0.1) is 0 Å². The Morgan fingerprint density at radius 3 is 2.50 bits per heavy atom. The first-order chi connectivity index (χ1) is 16.5. The molecule has 170 valence electrons. The highest BCUT2D eigenvalue weighted by Gasteiger charge is 2.15. The van der Waals surface area contributed by atoms with E-state index in [1.165, 1.54) is 22.2 Å². The third kappa shape index (κ3) is 5.43. The van der Waals surface area contributed by atoms with Gasteiger partial charge in [-0.15, -0.1) is 11.3 Å². The summed E-state index contributed by atoms with van der Waals surface area (Å²) in [6, 6.07) is 19.5. The molecule has 2 aromatic heterocycles. The summed E-state index contributed by atoms with van der Waals surface area (Å²) in [4.78, 5) is 37.0. The van der Waals surface area contributed by atoms with Crippen LogP contribution in [0.2, 0.25) is 0 Å². The molecule has 3 amide bonds. The summed E-state index contributed by atoms with van der Waals surface area (Å²) in [6.45, 7) is -0.0860. The van der Waals surface area contributed by atoms with Gasteiger partial charge in [-0.1, -0.05) is 48.5 Å². The summed E-state index contributed by atoms with van der Waals surface area (Å²) < 4.78 is 1.42. The predicted octanol–water partition coefficient (Wildman–Crippen LogP) is 3.11. The van der Waals surface area contributed by atoms with Crippen molar-refractivity contribution in [2.45, 2.75) is 6.54 Å². The summed E-state index contributed by atoms with van der Waals surface area (Å²) in [5.74, 6) is -1.32. The Morgan fingerprint density at radius 1 is 1.00 bits per heavy atom. The van der Waals surface area contributed by atoms with E-state index in [9.17, 15) is 14.4 Å². The van der Waals surface area contributed by atoms with E-state index in [-0.39, 0.29) is 18.0 Å². The molecule has 10 heteroatoms. The number of aromatic nitrogens is 2. The van der Waals surface area contributed by atoms with Crippen LogP contribution in [0.25, 0.3) is 11.3 Å². The molecule has 9 nitrogen and oxygen atoms in total. The Labute approximate surface area is 198 Å². The molecule has 0 bridgehead atoms. The fourth-order valence-corrected chi connectivity index (χ4v) is 3.81. The number of primary amides is 1. The third-order valence-corrected chi connectivity index (χ3v) is 5.56. The predicted molar refractivity (Wildman–Crippen MR) is 131 cm³/mol. The number of thiophene rings is 1. The van der Waals surface area contributed by atoms with Gasteiger partial charge >= 0.3 is 0 Å². The second kappa shape index (κ2) is 10.4. The first kappa shape index (κ1) is 22.6. The Morgan fingerprint density at radius 2 is 1.76 bits per heavy atom. The van der Waals surface area contributed by atoms with Crippen molar-refractivity contribution >= 4 is 41.0 Å². The second-order valence-electron chi connectivity index (χ2n) is 7.14. The van der Waals surface area contributed by atoms with Gasteiger partial charge in [-0.05, 0) is 23.6 Å². The topological polar surface area (TPSA) is 131 Å². The summed E-state index contributed by atoms with van der Waals surface area (Å²) in [5.41, 5.74) is 10.4. The quantitative estimate of drug-likeness (QED) is 0.269. The van der Waals surface area contributed by atoms with Crippen molar-refractivity contribution in [3.8, 4) is 11.3 Å². The van der Waals surface area contributed by atoms with E-state index in [1.54, 1.807) is 48.0 Å². The number of rotatable bonds is 8. The second-order valence-corrected chi connectivity index (χ2v) is 8.09. The fourth-order valence-electron chi connectivity index (χ4n) is 3.19. The molecule has 0 saturated carbocycles. The molecule has 4 rings (SSSR count). The van der Waals surface area contributed by atoms with Crippen molar-refractivity contribution in [3.63, 3.8) is 0 Å². The molecular formula is C24H20N6O3S. The van der Waals surface area contributed by atoms with E-state index in [0.29, 0.717) is 21.8 Å². The van der Waals surface area contributed by atoms with E-state index in [2.05, 4.69) is 20.9 Å². The summed E-state index contributed by atoms with van der Waals surface area (Å²) in [6.07, 6.45) is 3.06. The number of hydrogen-bond acceptors (Lipinski definition) is 6. The van der Waals surface area contributed by atoms with Crippen LogP contribution < -0.4 is 16.5 Å². The molecule has 0 radical (unpaired) electrons. The van der Waals surface area contributed by atoms with Crippen LogP contribution in [-0.2, 0) is 11.3 Å². The van der Waals surface area contributed by atoms with E-state index >= 15 is 0 Å². The largest absolute Gasteiger partial charge is 0.368 e. The van der Waals surface area contributed by atoms with Crippen LogP contribution in [0.3, 0.4) is 0 Å². The van der Waals surface area contributed by atoms with E-state index in [1.807, 2.05) is 30.3 Å². The van der Waals surface area contributed by atoms with Crippen LogP contribution in [0.5, 0.6) is 0 Å². The average molecular weight is 473 g/mol. The molecule has 34 heavy (non-hydrogen) atoms. The molecular weight excluding hydrogens is 452 g/mol. The van der Waals surface area contributed by atoms with Crippen LogP contribution in [-0.4, -0.2) is 33.7 Å². The van der Waals surface area contributed by atoms with Gasteiger partial charge in [-0.3, -0.25) is 19.1 Å². The number of nitrogens with one attached hydrogen (secondary N) is 2. The number of amides is 3. The minimum absolute atomic E-state index is 0.0860. The Hall–Kier alpha value is -4.57. The lowest BCUT2D eigenvalue weighted by molar-refractivity contribution is -0.118. The number of para-hydroxylation sites is 1. The molecule has 0 fully saturated rings. The molecule has 0 atom stereocenters. The number of carbonyl (C=O) groups is 3. The summed E-state index contributed by atoms with van der Waals surface area (Å²) in [7, 11) is 0. The number of carbonyl (C=O) groups excluding carboxylic acids is 3. The molecule has 0 aliphatic rings. The number of anilines is 1. The van der Waals surface area contributed by atoms with Crippen LogP contribution in [0.1, 0.15) is 25.6 Å². The normalized spacial score (nSPS) is 10.8. The molecule has 0 unspecified atom stereocenters. The number of benzene rings is 2. The number of hydrazone groups is 1. The van der Waals surface area contributed by atoms with Gasteiger partial charge in [0.05, 0.1) is 22.3 Å². The van der Waals surface area contributed by atoms with Crippen LogP contribution >= 0.6 is 11.3 Å². The molecule has 0 saturated heterocycles. The van der Waals surface area contributed by atoms with Gasteiger partial charge in [0.25, 0.3) is 11.8 Å². The molecule has 2 heterocycles. The minimum Gasteiger partial charge on any atom is -0.368 e. The molecule has 0 spiro atoms. The maximum atomic E-state index is 12.8. The van der Waals surface area contributed by atoms with Gasteiger partial charge in [0.2, 0.25) is 5.91 Å². The van der Waals surface area contributed by atoms with Crippen LogP contribution in [0.4, 0.5) is 5.69 Å².